The van der Waals surface area contributed by atoms with Crippen molar-refractivity contribution >= 4 is 5.91 Å². The molecule has 1 amide bonds. The highest BCUT2D eigenvalue weighted by Gasteiger charge is 2.31. The van der Waals surface area contributed by atoms with Gasteiger partial charge in [0.15, 0.2) is 0 Å². The topological polar surface area (TPSA) is 69.1 Å². The monoisotopic (exact) mass is 238 g/mol. The fraction of sp³-hybridized carbons (Fsp3) is 0.917. The molecule has 0 aromatic carbocycles. The van der Waals surface area contributed by atoms with Gasteiger partial charge in [-0.15, -0.1) is 0 Å². The van der Waals surface area contributed by atoms with E-state index in [1.165, 1.54) is 19.3 Å². The Kier molecular flexibility index (Phi) is 5.84. The van der Waals surface area contributed by atoms with Crippen LogP contribution in [0.2, 0.25) is 0 Å². The lowest BCUT2D eigenvalue weighted by Gasteiger charge is -2.24. The third-order valence-electron chi connectivity index (χ3n) is 3.40. The van der Waals surface area contributed by atoms with Crippen LogP contribution in [0.15, 0.2) is 5.11 Å². The first-order chi connectivity index (χ1) is 8.19. The Morgan fingerprint density at radius 1 is 1.59 bits per heavy atom. The predicted octanol–water partition coefficient (Wildman–Crippen LogP) is 3.11. The molecule has 5 nitrogen and oxygen atoms in total. The van der Waals surface area contributed by atoms with Gasteiger partial charge in [-0.25, -0.2) is 0 Å². The Labute approximate surface area is 103 Å². The number of carbonyl (C=O) groups excluding carboxylic acids is 1. The first kappa shape index (κ1) is 13.8. The van der Waals surface area contributed by atoms with Crippen LogP contribution in [-0.4, -0.2) is 29.9 Å². The minimum atomic E-state index is 0.215. The van der Waals surface area contributed by atoms with Crippen LogP contribution in [0.4, 0.5) is 0 Å². The van der Waals surface area contributed by atoms with E-state index in [4.69, 9.17) is 5.53 Å². The van der Waals surface area contributed by atoms with E-state index < -0.39 is 0 Å². The molecule has 1 aliphatic rings. The summed E-state index contributed by atoms with van der Waals surface area (Å²) < 4.78 is 0. The van der Waals surface area contributed by atoms with Crippen LogP contribution in [0, 0.1) is 5.92 Å². The average Bonchev–Trinajstić information content (AvgIpc) is 2.68. The van der Waals surface area contributed by atoms with Gasteiger partial charge >= 0.3 is 0 Å². The lowest BCUT2D eigenvalue weighted by atomic mass is 10.1. The third-order valence-corrected chi connectivity index (χ3v) is 3.40. The minimum Gasteiger partial charge on any atom is -0.340 e. The van der Waals surface area contributed by atoms with Crippen LogP contribution in [0.25, 0.3) is 10.4 Å². The zero-order valence-corrected chi connectivity index (χ0v) is 10.8. The Morgan fingerprint density at radius 2 is 2.35 bits per heavy atom. The molecule has 0 radical (unpaired) electrons. The van der Waals surface area contributed by atoms with Gasteiger partial charge in [0.2, 0.25) is 5.91 Å². The number of carbonyl (C=O) groups is 1. The van der Waals surface area contributed by atoms with Crippen molar-refractivity contribution in [3.63, 3.8) is 0 Å². The van der Waals surface area contributed by atoms with Gasteiger partial charge in [-0.05, 0) is 24.8 Å². The second kappa shape index (κ2) is 7.17. The molecule has 0 N–H and O–H groups in total. The molecule has 1 heterocycles. The first-order valence-corrected chi connectivity index (χ1v) is 6.49. The molecule has 0 aromatic rings. The van der Waals surface area contributed by atoms with Gasteiger partial charge in [-0.1, -0.05) is 31.3 Å². The van der Waals surface area contributed by atoms with Gasteiger partial charge in [-0.2, -0.15) is 0 Å². The molecule has 1 saturated heterocycles. The maximum atomic E-state index is 11.8. The lowest BCUT2D eigenvalue weighted by Crippen LogP contribution is -2.34. The number of hydrogen-bond acceptors (Lipinski definition) is 2. The zero-order valence-electron chi connectivity index (χ0n) is 10.8. The normalized spacial score (nSPS) is 21.4. The SMILES string of the molecule is CCCCCC(C)N1CC(CN=[N+]=[N-])CC1=O. The number of likely N-dealkylation sites (tertiary alicyclic amines) is 1. The Balaban J connectivity index is 2.38. The van der Waals surface area contributed by atoms with Gasteiger partial charge in [0, 0.05) is 30.5 Å². The van der Waals surface area contributed by atoms with E-state index in [9.17, 15) is 4.79 Å². The molecular weight excluding hydrogens is 216 g/mol. The molecule has 1 aliphatic heterocycles. The standard InChI is InChI=1S/C12H22N4O/c1-3-4-5-6-10(2)16-9-11(7-12(16)17)8-14-15-13/h10-11H,3-9H2,1-2H3. The van der Waals surface area contributed by atoms with Crippen molar-refractivity contribution in [3.8, 4) is 0 Å². The molecule has 2 unspecified atom stereocenters. The number of hydrogen-bond donors (Lipinski definition) is 0. The fourth-order valence-electron chi connectivity index (χ4n) is 2.35. The predicted molar refractivity (Wildman–Crippen MR) is 67.4 cm³/mol. The van der Waals surface area contributed by atoms with E-state index in [0.717, 1.165) is 13.0 Å². The number of rotatable bonds is 7. The van der Waals surface area contributed by atoms with Crippen molar-refractivity contribution in [1.29, 1.82) is 0 Å². The molecule has 96 valence electrons. The fourth-order valence-corrected chi connectivity index (χ4v) is 2.35. The van der Waals surface area contributed by atoms with E-state index in [0.29, 0.717) is 19.0 Å². The summed E-state index contributed by atoms with van der Waals surface area (Å²) >= 11 is 0. The van der Waals surface area contributed by atoms with Crippen molar-refractivity contribution in [1.82, 2.24) is 4.90 Å². The van der Waals surface area contributed by atoms with E-state index in [1.54, 1.807) is 0 Å². The molecular formula is C12H22N4O. The second-order valence-electron chi connectivity index (χ2n) is 4.87. The maximum absolute atomic E-state index is 11.8. The summed E-state index contributed by atoms with van der Waals surface area (Å²) in [6.45, 7) is 5.50. The zero-order chi connectivity index (χ0) is 12.7. The van der Waals surface area contributed by atoms with Crippen molar-refractivity contribution in [3.05, 3.63) is 10.4 Å². The second-order valence-corrected chi connectivity index (χ2v) is 4.87. The molecule has 0 aromatic heterocycles. The highest BCUT2D eigenvalue weighted by Crippen LogP contribution is 2.22. The molecule has 1 fully saturated rings. The summed E-state index contributed by atoms with van der Waals surface area (Å²) in [5.41, 5.74) is 8.27. The minimum absolute atomic E-state index is 0.215. The lowest BCUT2D eigenvalue weighted by molar-refractivity contribution is -0.129. The average molecular weight is 238 g/mol. The number of nitrogens with zero attached hydrogens (tertiary/aromatic N) is 4. The summed E-state index contributed by atoms with van der Waals surface area (Å²) in [6, 6.07) is 0.324. The summed E-state index contributed by atoms with van der Waals surface area (Å²) in [5, 5.41) is 3.56. The van der Waals surface area contributed by atoms with Crippen LogP contribution in [-0.2, 0) is 4.79 Å². The molecule has 1 rings (SSSR count). The van der Waals surface area contributed by atoms with Crippen LogP contribution in [0.1, 0.15) is 46.0 Å². The van der Waals surface area contributed by atoms with Crippen molar-refractivity contribution in [2.75, 3.05) is 13.1 Å². The maximum Gasteiger partial charge on any atom is 0.223 e. The molecule has 2 atom stereocenters. The van der Waals surface area contributed by atoms with Gasteiger partial charge in [0.1, 0.15) is 0 Å². The summed E-state index contributed by atoms with van der Waals surface area (Å²) in [4.78, 5) is 16.5. The van der Waals surface area contributed by atoms with Crippen LogP contribution in [0.3, 0.4) is 0 Å². The molecule has 17 heavy (non-hydrogen) atoms. The molecule has 0 saturated carbocycles. The first-order valence-electron chi connectivity index (χ1n) is 6.49. The molecule has 5 heteroatoms. The van der Waals surface area contributed by atoms with Gasteiger partial charge in [-0.3, -0.25) is 4.79 Å². The summed E-state index contributed by atoms with van der Waals surface area (Å²) in [7, 11) is 0. The molecule has 0 aliphatic carbocycles. The van der Waals surface area contributed by atoms with E-state index in [-0.39, 0.29) is 11.8 Å². The largest absolute Gasteiger partial charge is 0.340 e. The van der Waals surface area contributed by atoms with E-state index in [2.05, 4.69) is 23.9 Å². The molecule has 0 spiro atoms. The number of azide groups is 1. The Hall–Kier alpha value is -1.22. The van der Waals surface area contributed by atoms with Crippen LogP contribution in [0.5, 0.6) is 0 Å². The van der Waals surface area contributed by atoms with Gasteiger partial charge in [0.05, 0.1) is 0 Å². The summed E-state index contributed by atoms with van der Waals surface area (Å²) in [5.74, 6) is 0.430. The van der Waals surface area contributed by atoms with Gasteiger partial charge in [0.25, 0.3) is 0 Å². The van der Waals surface area contributed by atoms with Crippen LogP contribution < -0.4 is 0 Å². The van der Waals surface area contributed by atoms with E-state index in [1.807, 2.05) is 4.90 Å². The van der Waals surface area contributed by atoms with Crippen molar-refractivity contribution in [2.45, 2.75) is 52.0 Å². The number of amides is 1. The smallest absolute Gasteiger partial charge is 0.223 e. The Morgan fingerprint density at radius 3 is 3.00 bits per heavy atom. The number of unbranched alkanes of at least 4 members (excludes halogenated alkanes) is 2. The highest BCUT2D eigenvalue weighted by molar-refractivity contribution is 5.79. The highest BCUT2D eigenvalue weighted by atomic mass is 16.2. The van der Waals surface area contributed by atoms with Crippen molar-refractivity contribution in [2.24, 2.45) is 11.0 Å². The van der Waals surface area contributed by atoms with Gasteiger partial charge < -0.3 is 4.90 Å². The summed E-state index contributed by atoms with van der Waals surface area (Å²) in [6.07, 6.45) is 5.24. The third kappa shape index (κ3) is 4.27. The van der Waals surface area contributed by atoms with Crippen LogP contribution >= 0.6 is 0 Å². The van der Waals surface area contributed by atoms with E-state index >= 15 is 0 Å². The van der Waals surface area contributed by atoms with Crippen molar-refractivity contribution < 1.29 is 4.79 Å². The quantitative estimate of drug-likeness (QED) is 0.291. The Bertz CT molecular complexity index is 299. The molecule has 0 bridgehead atoms.